The van der Waals surface area contributed by atoms with Crippen LogP contribution < -0.4 is 10.6 Å². The van der Waals surface area contributed by atoms with Gasteiger partial charge in [-0.05, 0) is 48.5 Å². The predicted molar refractivity (Wildman–Crippen MR) is 99.8 cm³/mol. The van der Waals surface area contributed by atoms with Crippen molar-refractivity contribution >= 4 is 34.7 Å². The number of carboxylic acids is 2. The number of aromatic carboxylic acids is 2. The van der Waals surface area contributed by atoms with Crippen LogP contribution >= 0.6 is 0 Å². The molecule has 0 radical (unpaired) electrons. The van der Waals surface area contributed by atoms with Gasteiger partial charge < -0.3 is 20.8 Å². The van der Waals surface area contributed by atoms with Crippen LogP contribution in [-0.2, 0) is 0 Å². The van der Waals surface area contributed by atoms with Crippen LogP contribution in [0.1, 0.15) is 20.7 Å². The SMILES string of the molecule is O=C(O)c1ccccc1Nc1ccc(Nc2ccccc2C(=O)O)cc1. The Hall–Kier alpha value is -3.80. The summed E-state index contributed by atoms with van der Waals surface area (Å²) in [4.78, 5) is 22.5. The van der Waals surface area contributed by atoms with Gasteiger partial charge in [0.05, 0.1) is 22.5 Å². The number of para-hydroxylation sites is 2. The van der Waals surface area contributed by atoms with E-state index in [2.05, 4.69) is 10.6 Å². The average Bonchev–Trinajstić information content (AvgIpc) is 2.64. The zero-order chi connectivity index (χ0) is 18.5. The average molecular weight is 348 g/mol. The van der Waals surface area contributed by atoms with Gasteiger partial charge in [-0.1, -0.05) is 24.3 Å². The Morgan fingerprint density at radius 2 is 0.923 bits per heavy atom. The summed E-state index contributed by atoms with van der Waals surface area (Å²) in [6.45, 7) is 0. The maximum absolute atomic E-state index is 11.3. The molecule has 0 spiro atoms. The van der Waals surface area contributed by atoms with Gasteiger partial charge in [0.15, 0.2) is 0 Å². The van der Waals surface area contributed by atoms with Gasteiger partial charge in [0.25, 0.3) is 0 Å². The van der Waals surface area contributed by atoms with Crippen molar-refractivity contribution in [1.82, 2.24) is 0 Å². The molecule has 0 aromatic heterocycles. The highest BCUT2D eigenvalue weighted by atomic mass is 16.4. The van der Waals surface area contributed by atoms with E-state index in [9.17, 15) is 19.8 Å². The van der Waals surface area contributed by atoms with E-state index in [0.29, 0.717) is 11.4 Å². The third kappa shape index (κ3) is 3.81. The highest BCUT2D eigenvalue weighted by molar-refractivity contribution is 5.96. The van der Waals surface area contributed by atoms with E-state index in [4.69, 9.17) is 0 Å². The van der Waals surface area contributed by atoms with Crippen LogP contribution in [0.2, 0.25) is 0 Å². The molecule has 4 N–H and O–H groups in total. The second-order valence-electron chi connectivity index (χ2n) is 5.53. The van der Waals surface area contributed by atoms with Crippen LogP contribution in [0.5, 0.6) is 0 Å². The Bertz CT molecular complexity index is 874. The molecule has 6 heteroatoms. The molecular formula is C20H16N2O4. The van der Waals surface area contributed by atoms with Crippen molar-refractivity contribution in [1.29, 1.82) is 0 Å². The van der Waals surface area contributed by atoms with Gasteiger partial charge >= 0.3 is 11.9 Å². The summed E-state index contributed by atoms with van der Waals surface area (Å²) >= 11 is 0. The molecular weight excluding hydrogens is 332 g/mol. The largest absolute Gasteiger partial charge is 0.478 e. The number of benzene rings is 3. The molecule has 0 amide bonds. The lowest BCUT2D eigenvalue weighted by molar-refractivity contribution is 0.0687. The van der Waals surface area contributed by atoms with Gasteiger partial charge in [0.1, 0.15) is 0 Å². The van der Waals surface area contributed by atoms with Crippen LogP contribution in [0.15, 0.2) is 72.8 Å². The summed E-state index contributed by atoms with van der Waals surface area (Å²) < 4.78 is 0. The van der Waals surface area contributed by atoms with Crippen molar-refractivity contribution in [3.05, 3.63) is 83.9 Å². The van der Waals surface area contributed by atoms with Gasteiger partial charge in [-0.3, -0.25) is 0 Å². The monoisotopic (exact) mass is 348 g/mol. The number of rotatable bonds is 6. The molecule has 26 heavy (non-hydrogen) atoms. The number of anilines is 4. The number of hydrogen-bond acceptors (Lipinski definition) is 4. The molecule has 0 heterocycles. The normalized spacial score (nSPS) is 10.2. The lowest BCUT2D eigenvalue weighted by atomic mass is 10.1. The third-order valence-electron chi connectivity index (χ3n) is 3.76. The lowest BCUT2D eigenvalue weighted by Gasteiger charge is -2.12. The summed E-state index contributed by atoms with van der Waals surface area (Å²) in [5.41, 5.74) is 2.80. The van der Waals surface area contributed by atoms with Gasteiger partial charge in [-0.15, -0.1) is 0 Å². The van der Waals surface area contributed by atoms with E-state index in [-0.39, 0.29) is 11.1 Å². The quantitative estimate of drug-likeness (QED) is 0.521. The highest BCUT2D eigenvalue weighted by Crippen LogP contribution is 2.25. The zero-order valence-electron chi connectivity index (χ0n) is 13.6. The fraction of sp³-hybridized carbons (Fsp3) is 0. The summed E-state index contributed by atoms with van der Waals surface area (Å²) in [6.07, 6.45) is 0. The van der Waals surface area contributed by atoms with Crippen molar-refractivity contribution in [2.45, 2.75) is 0 Å². The second-order valence-corrected chi connectivity index (χ2v) is 5.53. The standard InChI is InChI=1S/C20H16N2O4/c23-19(24)15-5-1-3-7-17(15)21-13-9-11-14(12-10-13)22-18-8-4-2-6-16(18)20(25)26/h1-12,21-22H,(H,23,24)(H,25,26). The van der Waals surface area contributed by atoms with Crippen LogP contribution in [0, 0.1) is 0 Å². The van der Waals surface area contributed by atoms with Gasteiger partial charge in [0, 0.05) is 11.4 Å². The Kier molecular flexibility index (Phi) is 4.85. The maximum Gasteiger partial charge on any atom is 0.337 e. The molecule has 3 rings (SSSR count). The fourth-order valence-corrected chi connectivity index (χ4v) is 2.51. The number of hydrogen-bond donors (Lipinski definition) is 4. The van der Waals surface area contributed by atoms with E-state index in [0.717, 1.165) is 11.4 Å². The van der Waals surface area contributed by atoms with Crippen LogP contribution in [0.25, 0.3) is 0 Å². The minimum Gasteiger partial charge on any atom is -0.478 e. The molecule has 0 aliphatic rings. The molecule has 3 aromatic rings. The molecule has 0 aliphatic heterocycles. The van der Waals surface area contributed by atoms with Gasteiger partial charge in [0.2, 0.25) is 0 Å². The Labute approximate surface area is 149 Å². The molecule has 0 fully saturated rings. The first-order chi connectivity index (χ1) is 12.5. The van der Waals surface area contributed by atoms with Crippen molar-refractivity contribution in [2.75, 3.05) is 10.6 Å². The molecule has 0 saturated carbocycles. The molecule has 6 nitrogen and oxygen atoms in total. The fourth-order valence-electron chi connectivity index (χ4n) is 2.51. The molecule has 0 unspecified atom stereocenters. The van der Waals surface area contributed by atoms with Crippen LogP contribution in [0.4, 0.5) is 22.7 Å². The Morgan fingerprint density at radius 1 is 0.577 bits per heavy atom. The smallest absolute Gasteiger partial charge is 0.337 e. The van der Waals surface area contributed by atoms with Gasteiger partial charge in [-0.2, -0.15) is 0 Å². The highest BCUT2D eigenvalue weighted by Gasteiger charge is 2.10. The van der Waals surface area contributed by atoms with E-state index in [1.807, 2.05) is 0 Å². The topological polar surface area (TPSA) is 98.7 Å². The minimum atomic E-state index is -1.00. The van der Waals surface area contributed by atoms with E-state index in [1.165, 1.54) is 12.1 Å². The Morgan fingerprint density at radius 3 is 1.27 bits per heavy atom. The minimum absolute atomic E-state index is 0.185. The molecule has 0 saturated heterocycles. The number of carbonyl (C=O) groups is 2. The van der Waals surface area contributed by atoms with Crippen LogP contribution in [-0.4, -0.2) is 22.2 Å². The first kappa shape index (κ1) is 17.0. The van der Waals surface area contributed by atoms with E-state index in [1.54, 1.807) is 60.7 Å². The van der Waals surface area contributed by atoms with Gasteiger partial charge in [-0.25, -0.2) is 9.59 Å². The molecule has 130 valence electrons. The van der Waals surface area contributed by atoms with Crippen molar-refractivity contribution in [2.24, 2.45) is 0 Å². The van der Waals surface area contributed by atoms with Crippen molar-refractivity contribution < 1.29 is 19.8 Å². The first-order valence-electron chi connectivity index (χ1n) is 7.83. The molecule has 0 bridgehead atoms. The number of nitrogens with one attached hydrogen (secondary N) is 2. The van der Waals surface area contributed by atoms with Crippen LogP contribution in [0.3, 0.4) is 0 Å². The third-order valence-corrected chi connectivity index (χ3v) is 3.76. The zero-order valence-corrected chi connectivity index (χ0v) is 13.6. The summed E-state index contributed by atoms with van der Waals surface area (Å²) in [5, 5.41) is 24.6. The molecule has 3 aromatic carbocycles. The predicted octanol–water partition coefficient (Wildman–Crippen LogP) is 4.57. The lowest BCUT2D eigenvalue weighted by Crippen LogP contribution is -2.03. The first-order valence-corrected chi connectivity index (χ1v) is 7.83. The molecule has 0 aliphatic carbocycles. The second kappa shape index (κ2) is 7.40. The van der Waals surface area contributed by atoms with E-state index < -0.39 is 11.9 Å². The molecule has 0 atom stereocenters. The number of carboxylic acid groups (broad SMARTS) is 2. The summed E-state index contributed by atoms with van der Waals surface area (Å²) in [6, 6.07) is 20.4. The van der Waals surface area contributed by atoms with Crippen molar-refractivity contribution in [3.63, 3.8) is 0 Å². The summed E-state index contributed by atoms with van der Waals surface area (Å²) in [5.74, 6) is -2.01. The van der Waals surface area contributed by atoms with Crippen molar-refractivity contribution in [3.8, 4) is 0 Å². The van der Waals surface area contributed by atoms with E-state index >= 15 is 0 Å². The Balaban J connectivity index is 1.78. The maximum atomic E-state index is 11.3. The summed E-state index contributed by atoms with van der Waals surface area (Å²) in [7, 11) is 0.